The zero-order chi connectivity index (χ0) is 19.1. The molecule has 0 amide bonds. The van der Waals surface area contributed by atoms with E-state index in [2.05, 4.69) is 10.1 Å². The Labute approximate surface area is 153 Å². The van der Waals surface area contributed by atoms with Gasteiger partial charge in [0.1, 0.15) is 0 Å². The number of nitrogens with zero attached hydrogens (tertiary/aromatic N) is 4. The highest BCUT2D eigenvalue weighted by molar-refractivity contribution is 7.90. The number of pyridine rings is 1. The maximum absolute atomic E-state index is 13.1. The Hall–Kier alpha value is -2.67. The summed E-state index contributed by atoms with van der Waals surface area (Å²) in [6.45, 7) is 7.70. The fourth-order valence-corrected chi connectivity index (χ4v) is 4.53. The van der Waals surface area contributed by atoms with E-state index in [9.17, 15) is 8.42 Å². The van der Waals surface area contributed by atoms with Gasteiger partial charge >= 0.3 is 0 Å². The average Bonchev–Trinajstić information content (AvgIpc) is 3.16. The van der Waals surface area contributed by atoms with Crippen LogP contribution in [-0.2, 0) is 17.1 Å². The van der Waals surface area contributed by atoms with Gasteiger partial charge in [-0.3, -0.25) is 4.68 Å². The average molecular weight is 370 g/mol. The second kappa shape index (κ2) is 6.57. The van der Waals surface area contributed by atoms with E-state index in [0.717, 1.165) is 21.9 Å². The Balaban J connectivity index is 0.000000948. The van der Waals surface area contributed by atoms with Crippen molar-refractivity contribution >= 4 is 32.0 Å². The van der Waals surface area contributed by atoms with Crippen molar-refractivity contribution in [2.24, 2.45) is 7.05 Å². The lowest BCUT2D eigenvalue weighted by Crippen LogP contribution is -2.14. The molecule has 0 fully saturated rings. The maximum atomic E-state index is 13.1. The van der Waals surface area contributed by atoms with Crippen molar-refractivity contribution in [3.05, 3.63) is 54.0 Å². The SMILES string of the molecule is CC.Cc1ccc(S(=O)(=O)n2c(C)cc3c4c(cnc32)cnn4C)cc1. The van der Waals surface area contributed by atoms with Crippen molar-refractivity contribution in [1.29, 1.82) is 0 Å². The molecule has 0 aliphatic heterocycles. The molecule has 0 aliphatic rings. The molecular formula is C19H22N4O2S. The number of benzene rings is 1. The summed E-state index contributed by atoms with van der Waals surface area (Å²) in [7, 11) is -1.87. The van der Waals surface area contributed by atoms with Crippen LogP contribution in [0.2, 0.25) is 0 Å². The monoisotopic (exact) mass is 370 g/mol. The van der Waals surface area contributed by atoms with Crippen LogP contribution in [0.25, 0.3) is 21.9 Å². The van der Waals surface area contributed by atoms with Crippen LogP contribution in [0.15, 0.2) is 47.6 Å². The summed E-state index contributed by atoms with van der Waals surface area (Å²) in [5, 5.41) is 5.90. The van der Waals surface area contributed by atoms with Gasteiger partial charge in [-0.2, -0.15) is 5.10 Å². The summed E-state index contributed by atoms with van der Waals surface area (Å²) in [6.07, 6.45) is 3.38. The number of hydrogen-bond donors (Lipinski definition) is 0. The molecule has 0 radical (unpaired) electrons. The molecule has 136 valence electrons. The number of fused-ring (bicyclic) bond motifs is 3. The topological polar surface area (TPSA) is 69.8 Å². The van der Waals surface area contributed by atoms with E-state index in [1.807, 2.05) is 33.9 Å². The third kappa shape index (κ3) is 2.68. The van der Waals surface area contributed by atoms with Crippen LogP contribution >= 0.6 is 0 Å². The molecule has 1 aromatic carbocycles. The second-order valence-electron chi connectivity index (χ2n) is 5.94. The van der Waals surface area contributed by atoms with Crippen molar-refractivity contribution in [3.8, 4) is 0 Å². The molecule has 3 heterocycles. The lowest BCUT2D eigenvalue weighted by atomic mass is 10.2. The predicted octanol–water partition coefficient (Wildman–Crippen LogP) is 3.80. The van der Waals surface area contributed by atoms with Crippen LogP contribution in [0.3, 0.4) is 0 Å². The highest BCUT2D eigenvalue weighted by atomic mass is 32.2. The Morgan fingerprint density at radius 3 is 2.31 bits per heavy atom. The maximum Gasteiger partial charge on any atom is 0.269 e. The number of hydrogen-bond acceptors (Lipinski definition) is 4. The van der Waals surface area contributed by atoms with Gasteiger partial charge in [0.15, 0.2) is 5.65 Å². The van der Waals surface area contributed by atoms with Gasteiger partial charge in [0, 0.05) is 29.7 Å². The van der Waals surface area contributed by atoms with E-state index < -0.39 is 10.0 Å². The van der Waals surface area contributed by atoms with Gasteiger partial charge in [0.2, 0.25) is 0 Å². The first-order valence-electron chi connectivity index (χ1n) is 8.50. The molecule has 4 aromatic rings. The normalized spacial score (nSPS) is 11.6. The lowest BCUT2D eigenvalue weighted by Gasteiger charge is -2.09. The third-order valence-electron chi connectivity index (χ3n) is 4.21. The molecule has 6 nitrogen and oxygen atoms in total. The molecule has 4 rings (SSSR count). The molecule has 0 saturated heterocycles. The zero-order valence-electron chi connectivity index (χ0n) is 15.6. The van der Waals surface area contributed by atoms with Crippen molar-refractivity contribution in [3.63, 3.8) is 0 Å². The first-order chi connectivity index (χ1) is 12.4. The third-order valence-corrected chi connectivity index (χ3v) is 6.02. The van der Waals surface area contributed by atoms with Crippen LogP contribution in [0.5, 0.6) is 0 Å². The van der Waals surface area contributed by atoms with Crippen molar-refractivity contribution in [2.75, 3.05) is 0 Å². The molecule has 0 atom stereocenters. The molecule has 0 bridgehead atoms. The minimum atomic E-state index is -3.71. The largest absolute Gasteiger partial charge is 0.269 e. The fourth-order valence-electron chi connectivity index (χ4n) is 3.03. The van der Waals surface area contributed by atoms with Crippen LogP contribution in [0, 0.1) is 13.8 Å². The molecule has 7 heteroatoms. The van der Waals surface area contributed by atoms with E-state index in [0.29, 0.717) is 11.3 Å². The predicted molar refractivity (Wildman–Crippen MR) is 104 cm³/mol. The van der Waals surface area contributed by atoms with Gasteiger partial charge < -0.3 is 0 Å². The smallest absolute Gasteiger partial charge is 0.267 e. The highest BCUT2D eigenvalue weighted by Crippen LogP contribution is 2.29. The second-order valence-corrected chi connectivity index (χ2v) is 7.72. The van der Waals surface area contributed by atoms with Crippen molar-refractivity contribution in [1.82, 2.24) is 18.7 Å². The van der Waals surface area contributed by atoms with Gasteiger partial charge in [-0.15, -0.1) is 0 Å². The summed E-state index contributed by atoms with van der Waals surface area (Å²) in [4.78, 5) is 4.63. The molecule has 0 unspecified atom stereocenters. The Bertz CT molecular complexity index is 1190. The van der Waals surface area contributed by atoms with Crippen molar-refractivity contribution < 1.29 is 8.42 Å². The number of rotatable bonds is 2. The Kier molecular flexibility index (Phi) is 4.58. The number of aromatic nitrogens is 4. The minimum absolute atomic E-state index is 0.251. The first kappa shape index (κ1) is 18.1. The molecule has 26 heavy (non-hydrogen) atoms. The van der Waals surface area contributed by atoms with Gasteiger partial charge in [-0.05, 0) is 32.0 Å². The molecule has 3 aromatic heterocycles. The molecule has 0 N–H and O–H groups in total. The summed E-state index contributed by atoms with van der Waals surface area (Å²) in [6, 6.07) is 8.68. The first-order valence-corrected chi connectivity index (χ1v) is 9.94. The molecule has 0 spiro atoms. The Morgan fingerprint density at radius 1 is 1.00 bits per heavy atom. The van der Waals surface area contributed by atoms with Gasteiger partial charge in [-0.25, -0.2) is 17.4 Å². The van der Waals surface area contributed by atoms with E-state index in [-0.39, 0.29) is 4.90 Å². The molecule has 0 saturated carbocycles. The van der Waals surface area contributed by atoms with Gasteiger partial charge in [-0.1, -0.05) is 31.5 Å². The minimum Gasteiger partial charge on any atom is -0.267 e. The van der Waals surface area contributed by atoms with Crippen molar-refractivity contribution in [2.45, 2.75) is 32.6 Å². The van der Waals surface area contributed by atoms with E-state index in [4.69, 9.17) is 0 Å². The van der Waals surface area contributed by atoms with E-state index in [1.165, 1.54) is 3.97 Å². The summed E-state index contributed by atoms with van der Waals surface area (Å²) in [5.74, 6) is 0. The van der Waals surface area contributed by atoms with Crippen LogP contribution < -0.4 is 0 Å². The molecule has 0 aliphatic carbocycles. The summed E-state index contributed by atoms with van der Waals surface area (Å²) < 4.78 is 29.2. The summed E-state index contributed by atoms with van der Waals surface area (Å²) >= 11 is 0. The number of aryl methyl sites for hydroxylation is 3. The summed E-state index contributed by atoms with van der Waals surface area (Å²) in [5.41, 5.74) is 2.93. The zero-order valence-corrected chi connectivity index (χ0v) is 16.4. The van der Waals surface area contributed by atoms with E-state index in [1.54, 1.807) is 48.3 Å². The molecular weight excluding hydrogens is 348 g/mol. The Morgan fingerprint density at radius 2 is 1.65 bits per heavy atom. The van der Waals surface area contributed by atoms with E-state index >= 15 is 0 Å². The van der Waals surface area contributed by atoms with Crippen LogP contribution in [-0.4, -0.2) is 27.2 Å². The quantitative estimate of drug-likeness (QED) is 0.538. The van der Waals surface area contributed by atoms with Gasteiger partial charge in [0.05, 0.1) is 16.6 Å². The van der Waals surface area contributed by atoms with Crippen LogP contribution in [0.1, 0.15) is 25.1 Å². The fraction of sp³-hybridized carbons (Fsp3) is 0.263. The highest BCUT2D eigenvalue weighted by Gasteiger charge is 2.23. The van der Waals surface area contributed by atoms with Crippen LogP contribution in [0.4, 0.5) is 0 Å². The lowest BCUT2D eigenvalue weighted by molar-refractivity contribution is 0.587. The standard InChI is InChI=1S/C17H16N4O2S.C2H6/c1-11-4-6-14(7-5-11)24(22,23)21-12(2)8-15-16-13(9-18-17(15)21)10-19-20(16)3;1-2/h4-10H,1-3H3;1-2H3. The van der Waals surface area contributed by atoms with Gasteiger partial charge in [0.25, 0.3) is 10.0 Å².